The van der Waals surface area contributed by atoms with E-state index in [0.29, 0.717) is 6.54 Å². The van der Waals surface area contributed by atoms with Gasteiger partial charge < -0.3 is 10.2 Å². The van der Waals surface area contributed by atoms with Crippen molar-refractivity contribution in [1.29, 1.82) is 0 Å². The summed E-state index contributed by atoms with van der Waals surface area (Å²) in [6.07, 6.45) is 4.03. The van der Waals surface area contributed by atoms with E-state index in [4.69, 9.17) is 9.97 Å². The van der Waals surface area contributed by atoms with Gasteiger partial charge in [-0.25, -0.2) is 9.97 Å². The number of fused-ring (bicyclic) bond motifs is 1. The van der Waals surface area contributed by atoms with Crippen molar-refractivity contribution in [3.05, 3.63) is 59.7 Å². The van der Waals surface area contributed by atoms with Crippen LogP contribution in [0.2, 0.25) is 0 Å². The average molecular weight is 405 g/mol. The number of benzene rings is 1. The predicted molar refractivity (Wildman–Crippen MR) is 118 cm³/mol. The summed E-state index contributed by atoms with van der Waals surface area (Å²) in [6, 6.07) is 12.5. The SMILES string of the molecule is CNc1cc(CN(C)C(C)=O)nc([C@H]2CCCN2Cc2ccnc3ccccc23)n1. The minimum absolute atomic E-state index is 0.0215. The van der Waals surface area contributed by atoms with Gasteiger partial charge in [-0.15, -0.1) is 0 Å². The van der Waals surface area contributed by atoms with Crippen LogP contribution in [-0.4, -0.2) is 51.3 Å². The molecule has 0 radical (unpaired) electrons. The summed E-state index contributed by atoms with van der Waals surface area (Å²) >= 11 is 0. The normalized spacial score (nSPS) is 16.7. The number of carbonyl (C=O) groups excluding carboxylic acids is 1. The molecule has 1 fully saturated rings. The number of carbonyl (C=O) groups is 1. The molecule has 1 aromatic carbocycles. The first-order chi connectivity index (χ1) is 14.5. The van der Waals surface area contributed by atoms with Crippen LogP contribution in [0.4, 0.5) is 5.82 Å². The molecular weight excluding hydrogens is 376 g/mol. The topological polar surface area (TPSA) is 74.2 Å². The third-order valence-corrected chi connectivity index (χ3v) is 5.76. The zero-order valence-electron chi connectivity index (χ0n) is 17.8. The molecule has 4 rings (SSSR count). The fourth-order valence-corrected chi connectivity index (χ4v) is 4.05. The van der Waals surface area contributed by atoms with E-state index in [1.54, 1.807) is 18.9 Å². The maximum Gasteiger partial charge on any atom is 0.219 e. The number of nitrogens with zero attached hydrogens (tertiary/aromatic N) is 5. The molecule has 1 N–H and O–H groups in total. The minimum Gasteiger partial charge on any atom is -0.373 e. The second-order valence-electron chi connectivity index (χ2n) is 7.84. The molecule has 7 heteroatoms. The third-order valence-electron chi connectivity index (χ3n) is 5.76. The van der Waals surface area contributed by atoms with Crippen molar-refractivity contribution in [3.8, 4) is 0 Å². The Morgan fingerprint density at radius 3 is 2.90 bits per heavy atom. The molecule has 0 saturated carbocycles. The van der Waals surface area contributed by atoms with Crippen LogP contribution < -0.4 is 5.32 Å². The molecule has 30 heavy (non-hydrogen) atoms. The maximum atomic E-state index is 11.7. The van der Waals surface area contributed by atoms with Gasteiger partial charge in [0.25, 0.3) is 0 Å². The van der Waals surface area contributed by atoms with Crippen LogP contribution in [0.15, 0.2) is 42.6 Å². The van der Waals surface area contributed by atoms with Crippen molar-refractivity contribution in [1.82, 2.24) is 24.8 Å². The number of para-hydroxylation sites is 1. The van der Waals surface area contributed by atoms with E-state index in [1.165, 1.54) is 10.9 Å². The number of likely N-dealkylation sites (tertiary alicyclic amines) is 1. The molecule has 0 spiro atoms. The van der Waals surface area contributed by atoms with Crippen LogP contribution in [0.1, 0.15) is 42.9 Å². The number of anilines is 1. The van der Waals surface area contributed by atoms with Crippen LogP contribution in [-0.2, 0) is 17.9 Å². The van der Waals surface area contributed by atoms with Crippen LogP contribution in [0.25, 0.3) is 10.9 Å². The summed E-state index contributed by atoms with van der Waals surface area (Å²) in [7, 11) is 3.65. The van der Waals surface area contributed by atoms with E-state index < -0.39 is 0 Å². The fraction of sp³-hybridized carbons (Fsp3) is 0.391. The molecule has 1 atom stereocenters. The van der Waals surface area contributed by atoms with Gasteiger partial charge in [0, 0.05) is 45.2 Å². The van der Waals surface area contributed by atoms with E-state index in [1.807, 2.05) is 25.4 Å². The van der Waals surface area contributed by atoms with Gasteiger partial charge in [0.05, 0.1) is 23.8 Å². The largest absolute Gasteiger partial charge is 0.373 e. The first-order valence-electron chi connectivity index (χ1n) is 10.4. The number of amides is 1. The molecular formula is C23H28N6O. The summed E-state index contributed by atoms with van der Waals surface area (Å²) < 4.78 is 0. The van der Waals surface area contributed by atoms with Crippen molar-refractivity contribution < 1.29 is 4.79 Å². The van der Waals surface area contributed by atoms with Gasteiger partial charge in [0.2, 0.25) is 5.91 Å². The predicted octanol–water partition coefficient (Wildman–Crippen LogP) is 3.38. The van der Waals surface area contributed by atoms with E-state index in [9.17, 15) is 4.79 Å². The third kappa shape index (κ3) is 4.26. The first kappa shape index (κ1) is 20.2. The van der Waals surface area contributed by atoms with E-state index in [2.05, 4.69) is 39.5 Å². The van der Waals surface area contributed by atoms with Crippen LogP contribution >= 0.6 is 0 Å². The van der Waals surface area contributed by atoms with Gasteiger partial charge >= 0.3 is 0 Å². The number of hydrogen-bond acceptors (Lipinski definition) is 6. The summed E-state index contributed by atoms with van der Waals surface area (Å²) in [5, 5.41) is 4.33. The Labute approximate surface area is 177 Å². The zero-order chi connectivity index (χ0) is 21.1. The highest BCUT2D eigenvalue weighted by Crippen LogP contribution is 2.33. The lowest BCUT2D eigenvalue weighted by Crippen LogP contribution is -2.27. The smallest absolute Gasteiger partial charge is 0.219 e. The Morgan fingerprint density at radius 2 is 2.10 bits per heavy atom. The maximum absolute atomic E-state index is 11.7. The van der Waals surface area contributed by atoms with Crippen molar-refractivity contribution in [2.45, 2.75) is 38.9 Å². The van der Waals surface area contributed by atoms with Gasteiger partial charge in [0.1, 0.15) is 11.6 Å². The van der Waals surface area contributed by atoms with Crippen molar-refractivity contribution in [3.63, 3.8) is 0 Å². The van der Waals surface area contributed by atoms with Gasteiger partial charge in [-0.1, -0.05) is 18.2 Å². The highest BCUT2D eigenvalue weighted by Gasteiger charge is 2.29. The fourth-order valence-electron chi connectivity index (χ4n) is 4.05. The molecule has 0 bridgehead atoms. The molecule has 0 unspecified atom stereocenters. The van der Waals surface area contributed by atoms with Crippen LogP contribution in [0.3, 0.4) is 0 Å². The number of rotatable bonds is 6. The molecule has 7 nitrogen and oxygen atoms in total. The Bertz CT molecular complexity index is 1050. The first-order valence-corrected chi connectivity index (χ1v) is 10.4. The number of nitrogens with one attached hydrogen (secondary N) is 1. The zero-order valence-corrected chi connectivity index (χ0v) is 17.8. The lowest BCUT2D eigenvalue weighted by Gasteiger charge is -2.25. The van der Waals surface area contributed by atoms with Crippen LogP contribution in [0.5, 0.6) is 0 Å². The molecule has 0 aliphatic carbocycles. The quantitative estimate of drug-likeness (QED) is 0.679. The minimum atomic E-state index is 0.0215. The Kier molecular flexibility index (Phi) is 5.90. The summed E-state index contributed by atoms with van der Waals surface area (Å²) in [6.45, 7) is 3.89. The lowest BCUT2D eigenvalue weighted by atomic mass is 10.1. The van der Waals surface area contributed by atoms with E-state index >= 15 is 0 Å². The molecule has 3 aromatic rings. The van der Waals surface area contributed by atoms with Crippen LogP contribution in [0, 0.1) is 0 Å². The molecule has 1 saturated heterocycles. The van der Waals surface area contributed by atoms with Crippen molar-refractivity contribution in [2.24, 2.45) is 0 Å². The van der Waals surface area contributed by atoms with E-state index in [-0.39, 0.29) is 11.9 Å². The highest BCUT2D eigenvalue weighted by atomic mass is 16.2. The Morgan fingerprint density at radius 1 is 1.27 bits per heavy atom. The molecule has 156 valence electrons. The Hall–Kier alpha value is -3.06. The highest BCUT2D eigenvalue weighted by molar-refractivity contribution is 5.81. The number of aromatic nitrogens is 3. The molecule has 1 aliphatic rings. The Balaban J connectivity index is 1.62. The standard InChI is InChI=1S/C23H28N6O/c1-16(30)28(3)15-18-13-22(24-2)27-23(26-18)21-9-6-12-29(21)14-17-10-11-25-20-8-5-4-7-19(17)20/h4-5,7-8,10-11,13,21H,6,9,12,14-15H2,1-3H3,(H,24,26,27)/t21-/m1/s1. The molecule has 1 aliphatic heterocycles. The van der Waals surface area contributed by atoms with Crippen molar-refractivity contribution in [2.75, 3.05) is 26.0 Å². The average Bonchev–Trinajstić information content (AvgIpc) is 3.22. The molecule has 1 amide bonds. The van der Waals surface area contributed by atoms with Gasteiger partial charge in [-0.3, -0.25) is 14.7 Å². The number of hydrogen-bond donors (Lipinski definition) is 1. The summed E-state index contributed by atoms with van der Waals surface area (Å²) in [5.74, 6) is 1.63. The van der Waals surface area contributed by atoms with Gasteiger partial charge in [-0.2, -0.15) is 0 Å². The summed E-state index contributed by atoms with van der Waals surface area (Å²) in [5.41, 5.74) is 3.14. The van der Waals surface area contributed by atoms with E-state index in [0.717, 1.165) is 48.8 Å². The van der Waals surface area contributed by atoms with Gasteiger partial charge in [-0.05, 0) is 37.1 Å². The number of pyridine rings is 1. The lowest BCUT2D eigenvalue weighted by molar-refractivity contribution is -0.128. The second kappa shape index (κ2) is 8.75. The second-order valence-corrected chi connectivity index (χ2v) is 7.84. The summed E-state index contributed by atoms with van der Waals surface area (Å²) in [4.78, 5) is 29.9. The monoisotopic (exact) mass is 404 g/mol. The molecule has 3 heterocycles. The van der Waals surface area contributed by atoms with Gasteiger partial charge in [0.15, 0.2) is 0 Å². The van der Waals surface area contributed by atoms with Crippen molar-refractivity contribution >= 4 is 22.6 Å². The molecule has 2 aromatic heterocycles.